The van der Waals surface area contributed by atoms with Crippen molar-refractivity contribution in [3.63, 3.8) is 0 Å². The highest BCUT2D eigenvalue weighted by Crippen LogP contribution is 2.31. The van der Waals surface area contributed by atoms with Crippen LogP contribution in [0.3, 0.4) is 0 Å². The van der Waals surface area contributed by atoms with Crippen molar-refractivity contribution in [3.8, 4) is 5.75 Å². The van der Waals surface area contributed by atoms with Crippen LogP contribution >= 0.6 is 0 Å². The van der Waals surface area contributed by atoms with Crippen LogP contribution < -0.4 is 20.7 Å². The minimum absolute atomic E-state index is 0.00143. The highest BCUT2D eigenvalue weighted by Gasteiger charge is 2.27. The van der Waals surface area contributed by atoms with Crippen LogP contribution in [-0.4, -0.2) is 53.0 Å². The Hall–Kier alpha value is -4.15. The second-order valence-electron chi connectivity index (χ2n) is 9.12. The second-order valence-corrected chi connectivity index (χ2v) is 9.12. The van der Waals surface area contributed by atoms with Crippen molar-refractivity contribution in [1.82, 2.24) is 20.3 Å². The molecule has 2 amide bonds. The lowest BCUT2D eigenvalue weighted by molar-refractivity contribution is -0.146. The number of carbonyl (C=O) groups excluding carboxylic acids is 3. The molecule has 1 aliphatic carbocycles. The van der Waals surface area contributed by atoms with Gasteiger partial charge in [-0.05, 0) is 49.3 Å². The predicted octanol–water partition coefficient (Wildman–Crippen LogP) is 2.61. The zero-order valence-electron chi connectivity index (χ0n) is 19.9. The number of amides is 2. The zero-order chi connectivity index (χ0) is 25.1. The summed E-state index contributed by atoms with van der Waals surface area (Å²) in [4.78, 5) is 47.9. The van der Waals surface area contributed by atoms with Crippen LogP contribution in [0.1, 0.15) is 41.7 Å². The molecule has 36 heavy (non-hydrogen) atoms. The average molecular weight is 493 g/mol. The maximum absolute atomic E-state index is 12.9. The molecule has 11 nitrogen and oxygen atoms in total. The van der Waals surface area contributed by atoms with E-state index in [0.717, 1.165) is 43.5 Å². The number of benzene rings is 1. The number of hydrogen-bond donors (Lipinski definition) is 4. The van der Waals surface area contributed by atoms with E-state index in [0.29, 0.717) is 28.4 Å². The molecule has 4 N–H and O–H groups in total. The number of ether oxygens (including phenoxy) is 2. The summed E-state index contributed by atoms with van der Waals surface area (Å²) >= 11 is 0. The minimum atomic E-state index is -0.338. The number of nitrogens with zero attached hydrogens (tertiary/aromatic N) is 2. The van der Waals surface area contributed by atoms with Gasteiger partial charge in [-0.15, -0.1) is 0 Å². The zero-order valence-corrected chi connectivity index (χ0v) is 19.9. The van der Waals surface area contributed by atoms with Gasteiger partial charge in [0.2, 0.25) is 0 Å². The van der Waals surface area contributed by atoms with Crippen LogP contribution in [0.15, 0.2) is 30.7 Å². The molecule has 2 aliphatic rings. The van der Waals surface area contributed by atoms with Gasteiger partial charge in [0.15, 0.2) is 12.3 Å². The molecular formula is C25H28N6O5. The summed E-state index contributed by atoms with van der Waals surface area (Å²) in [7, 11) is 1.44. The number of fused-ring (bicyclic) bond motifs is 2. The number of hydrogen-bond acceptors (Lipinski definition) is 8. The van der Waals surface area contributed by atoms with Crippen molar-refractivity contribution in [2.75, 3.05) is 30.9 Å². The largest absolute Gasteiger partial charge is 0.482 e. The number of H-pyrrole nitrogens is 1. The highest BCUT2D eigenvalue weighted by atomic mass is 16.5. The summed E-state index contributed by atoms with van der Waals surface area (Å²) in [5, 5.41) is 9.07. The van der Waals surface area contributed by atoms with E-state index in [1.807, 2.05) is 6.07 Å². The molecule has 1 fully saturated rings. The van der Waals surface area contributed by atoms with Crippen molar-refractivity contribution >= 4 is 40.2 Å². The molecule has 0 unspecified atom stereocenters. The van der Waals surface area contributed by atoms with E-state index >= 15 is 0 Å². The van der Waals surface area contributed by atoms with Crippen molar-refractivity contribution in [3.05, 3.63) is 42.0 Å². The van der Waals surface area contributed by atoms with E-state index in [1.54, 1.807) is 18.3 Å². The van der Waals surface area contributed by atoms with Crippen molar-refractivity contribution < 1.29 is 23.9 Å². The van der Waals surface area contributed by atoms with Crippen molar-refractivity contribution in [2.24, 2.45) is 11.8 Å². The fourth-order valence-electron chi connectivity index (χ4n) is 4.78. The molecule has 3 aromatic rings. The standard InChI is InChI=1S/C25H28N6O5/c1-35-25(34)16-5-2-14(3-6-16)9-26-18-11-27-22-21(18)29-13-30-23(22)24(33)28-10-15-4-7-19-17(8-15)31-20(32)12-36-19/h4,7-8,11,13-14,16,26-27H,2-3,5-6,9-10,12H2,1H3,(H,28,33)(H,31,32)/t14-,16-. The topological polar surface area (TPSA) is 147 Å². The summed E-state index contributed by atoms with van der Waals surface area (Å²) in [5.74, 6) is 0.388. The van der Waals surface area contributed by atoms with E-state index < -0.39 is 0 Å². The Balaban J connectivity index is 1.20. The molecule has 0 saturated heterocycles. The smallest absolute Gasteiger partial charge is 0.308 e. The van der Waals surface area contributed by atoms with E-state index in [-0.39, 0.29) is 42.5 Å². The first-order valence-corrected chi connectivity index (χ1v) is 12.0. The predicted molar refractivity (Wildman–Crippen MR) is 132 cm³/mol. The third-order valence-electron chi connectivity index (χ3n) is 6.77. The molecule has 2 aromatic heterocycles. The number of aromatic nitrogens is 3. The molecule has 1 aliphatic heterocycles. The fourth-order valence-corrected chi connectivity index (χ4v) is 4.78. The van der Waals surface area contributed by atoms with Gasteiger partial charge >= 0.3 is 5.97 Å². The summed E-state index contributed by atoms with van der Waals surface area (Å²) in [5.41, 5.74) is 3.66. The lowest BCUT2D eigenvalue weighted by Crippen LogP contribution is -2.26. The normalized spacial score (nSPS) is 19.1. The first-order valence-electron chi connectivity index (χ1n) is 12.0. The lowest BCUT2D eigenvalue weighted by Gasteiger charge is -2.27. The molecule has 188 valence electrons. The van der Waals surface area contributed by atoms with Crippen molar-refractivity contribution in [1.29, 1.82) is 0 Å². The molecule has 3 heterocycles. The van der Waals surface area contributed by atoms with Gasteiger partial charge in [0.1, 0.15) is 17.6 Å². The van der Waals surface area contributed by atoms with Crippen LogP contribution in [0.25, 0.3) is 11.0 Å². The summed E-state index contributed by atoms with van der Waals surface area (Å²) in [6.45, 7) is 1.01. The molecule has 0 bridgehead atoms. The fraction of sp³-hybridized carbons (Fsp3) is 0.400. The van der Waals surface area contributed by atoms with Crippen LogP contribution in [0, 0.1) is 11.8 Å². The Bertz CT molecular complexity index is 1300. The molecule has 11 heteroatoms. The molecule has 5 rings (SSSR count). The Morgan fingerprint density at radius 3 is 2.83 bits per heavy atom. The molecule has 0 radical (unpaired) electrons. The first kappa shape index (κ1) is 23.6. The molecule has 0 atom stereocenters. The molecule has 0 spiro atoms. The van der Waals surface area contributed by atoms with Gasteiger partial charge in [0.25, 0.3) is 11.8 Å². The first-order chi connectivity index (χ1) is 17.5. The number of esters is 1. The third-order valence-corrected chi connectivity index (χ3v) is 6.77. The number of aromatic amines is 1. The minimum Gasteiger partial charge on any atom is -0.482 e. The second kappa shape index (κ2) is 10.2. The van der Waals surface area contributed by atoms with Gasteiger partial charge in [-0.2, -0.15) is 0 Å². The van der Waals surface area contributed by atoms with Crippen LogP contribution in [0.2, 0.25) is 0 Å². The summed E-state index contributed by atoms with van der Waals surface area (Å²) in [6, 6.07) is 5.38. The highest BCUT2D eigenvalue weighted by molar-refractivity contribution is 6.05. The van der Waals surface area contributed by atoms with E-state index in [4.69, 9.17) is 9.47 Å². The van der Waals surface area contributed by atoms with E-state index in [9.17, 15) is 14.4 Å². The molecular weight excluding hydrogens is 464 g/mol. The Labute approximate surface area is 207 Å². The molecule has 1 aromatic carbocycles. The van der Waals surface area contributed by atoms with Crippen LogP contribution in [-0.2, 0) is 20.9 Å². The number of carbonyl (C=O) groups is 3. The maximum Gasteiger partial charge on any atom is 0.308 e. The van der Waals surface area contributed by atoms with Crippen LogP contribution in [0.4, 0.5) is 11.4 Å². The monoisotopic (exact) mass is 492 g/mol. The average Bonchev–Trinajstić information content (AvgIpc) is 3.33. The van der Waals surface area contributed by atoms with Gasteiger partial charge in [-0.1, -0.05) is 6.07 Å². The quantitative estimate of drug-likeness (QED) is 0.368. The Kier molecular flexibility index (Phi) is 6.70. The van der Waals surface area contributed by atoms with E-state index in [2.05, 4.69) is 30.9 Å². The number of rotatable bonds is 7. The maximum atomic E-state index is 12.9. The summed E-state index contributed by atoms with van der Waals surface area (Å²) in [6.07, 6.45) is 6.75. The van der Waals surface area contributed by atoms with Crippen molar-refractivity contribution in [2.45, 2.75) is 32.2 Å². The SMILES string of the molecule is COC(=O)[C@H]1CC[C@H](CNc2c[nH]c3c(C(=O)NCc4ccc5c(c4)NC(=O)CO5)ncnc23)CC1. The van der Waals surface area contributed by atoms with Gasteiger partial charge < -0.3 is 30.4 Å². The van der Waals surface area contributed by atoms with Gasteiger partial charge in [-0.3, -0.25) is 14.4 Å². The Morgan fingerprint density at radius 2 is 2.03 bits per heavy atom. The van der Waals surface area contributed by atoms with Gasteiger partial charge in [-0.25, -0.2) is 9.97 Å². The number of methoxy groups -OCH3 is 1. The van der Waals surface area contributed by atoms with Gasteiger partial charge in [0.05, 0.1) is 29.9 Å². The van der Waals surface area contributed by atoms with E-state index in [1.165, 1.54) is 13.4 Å². The third kappa shape index (κ3) is 4.95. The summed E-state index contributed by atoms with van der Waals surface area (Å²) < 4.78 is 10.2. The van der Waals surface area contributed by atoms with Crippen LogP contribution in [0.5, 0.6) is 5.75 Å². The molecule has 1 saturated carbocycles. The Morgan fingerprint density at radius 1 is 1.19 bits per heavy atom. The lowest BCUT2D eigenvalue weighted by atomic mass is 9.82. The van der Waals surface area contributed by atoms with Gasteiger partial charge in [0, 0.05) is 19.3 Å². The number of anilines is 2. The number of nitrogens with one attached hydrogen (secondary N) is 4.